The van der Waals surface area contributed by atoms with Crippen LogP contribution < -0.4 is 0 Å². The summed E-state index contributed by atoms with van der Waals surface area (Å²) in [5.74, 6) is -1.07. The minimum absolute atomic E-state index is 0.271. The predicted molar refractivity (Wildman–Crippen MR) is 96.6 cm³/mol. The molecule has 0 saturated heterocycles. The van der Waals surface area contributed by atoms with Crippen molar-refractivity contribution in [3.05, 3.63) is 58.6 Å². The number of fused-ring (bicyclic) bond motifs is 1. The minimum Gasteiger partial charge on any atom is -0.503 e. The van der Waals surface area contributed by atoms with E-state index in [-0.39, 0.29) is 17.2 Å². The first kappa shape index (κ1) is 15.7. The molecule has 2 aromatic heterocycles. The number of hydrogen-bond donors (Lipinski definition) is 3. The second-order valence-electron chi connectivity index (χ2n) is 5.71. The van der Waals surface area contributed by atoms with Gasteiger partial charge in [-0.2, -0.15) is 0 Å². The van der Waals surface area contributed by atoms with Crippen molar-refractivity contribution in [2.24, 2.45) is 0 Å². The molecule has 2 aromatic carbocycles. The topological polar surface area (TPSA) is 74.1 Å². The largest absolute Gasteiger partial charge is 0.503 e. The van der Waals surface area contributed by atoms with E-state index in [1.54, 1.807) is 43.6 Å². The van der Waals surface area contributed by atoms with E-state index in [1.807, 2.05) is 0 Å². The number of hydrogen-bond acceptors (Lipinski definition) is 3. The molecule has 0 atom stereocenters. The number of benzene rings is 2. The Kier molecular flexibility index (Phi) is 3.54. The molecule has 0 spiro atoms. The van der Waals surface area contributed by atoms with E-state index in [4.69, 9.17) is 0 Å². The Morgan fingerprint density at radius 2 is 1.96 bits per heavy atom. The Labute approximate surface area is 150 Å². The van der Waals surface area contributed by atoms with E-state index in [9.17, 15) is 14.6 Å². The molecule has 0 unspecified atom stereocenters. The monoisotopic (exact) mass is 401 g/mol. The summed E-state index contributed by atoms with van der Waals surface area (Å²) in [4.78, 5) is 7.16. The molecule has 7 heteroatoms. The summed E-state index contributed by atoms with van der Waals surface area (Å²) in [5, 5.41) is 20.7. The zero-order valence-corrected chi connectivity index (χ0v) is 14.7. The molecule has 25 heavy (non-hydrogen) atoms. The van der Waals surface area contributed by atoms with Crippen LogP contribution in [-0.4, -0.2) is 24.7 Å². The maximum Gasteiger partial charge on any atom is 0.240 e. The standard InChI is InChI=1S/C18H13BrFN3O2/c1-9-16(12-6-10(19)2-4-13(12)20)23(18(25)17(9)24)11-3-5-14-15(7-11)22-8-21-14/h2-8,24-25H,1H3,(H,21,22). The molecule has 4 aromatic rings. The van der Waals surface area contributed by atoms with Crippen molar-refractivity contribution in [3.63, 3.8) is 0 Å². The predicted octanol–water partition coefficient (Wildman–Crippen LogP) is 4.64. The van der Waals surface area contributed by atoms with Crippen LogP contribution >= 0.6 is 15.9 Å². The van der Waals surface area contributed by atoms with Crippen molar-refractivity contribution < 1.29 is 14.6 Å². The van der Waals surface area contributed by atoms with Crippen LogP contribution in [0.4, 0.5) is 4.39 Å². The van der Waals surface area contributed by atoms with Crippen LogP contribution in [0.1, 0.15) is 5.56 Å². The van der Waals surface area contributed by atoms with Crippen LogP contribution in [0.2, 0.25) is 0 Å². The first-order chi connectivity index (χ1) is 12.0. The molecule has 0 radical (unpaired) electrons. The second-order valence-corrected chi connectivity index (χ2v) is 6.63. The van der Waals surface area contributed by atoms with Gasteiger partial charge in [-0.3, -0.25) is 4.57 Å². The van der Waals surface area contributed by atoms with Gasteiger partial charge in [0.15, 0.2) is 5.75 Å². The van der Waals surface area contributed by atoms with Gasteiger partial charge >= 0.3 is 0 Å². The van der Waals surface area contributed by atoms with Gasteiger partial charge in [-0.15, -0.1) is 0 Å². The normalized spacial score (nSPS) is 11.3. The number of aromatic amines is 1. The molecule has 0 aliphatic rings. The fourth-order valence-electron chi connectivity index (χ4n) is 2.97. The number of H-pyrrole nitrogens is 1. The van der Waals surface area contributed by atoms with Crippen LogP contribution in [-0.2, 0) is 0 Å². The molecule has 0 bridgehead atoms. The third kappa shape index (κ3) is 2.39. The van der Waals surface area contributed by atoms with E-state index in [2.05, 4.69) is 25.9 Å². The lowest BCUT2D eigenvalue weighted by Crippen LogP contribution is -1.99. The number of halogens is 2. The average molecular weight is 402 g/mol. The Morgan fingerprint density at radius 1 is 1.16 bits per heavy atom. The number of rotatable bonds is 2. The van der Waals surface area contributed by atoms with Crippen molar-refractivity contribution in [1.29, 1.82) is 0 Å². The molecule has 3 N–H and O–H groups in total. The summed E-state index contributed by atoms with van der Waals surface area (Å²) in [6.45, 7) is 1.63. The molecule has 2 heterocycles. The zero-order chi connectivity index (χ0) is 17.7. The lowest BCUT2D eigenvalue weighted by atomic mass is 10.1. The summed E-state index contributed by atoms with van der Waals surface area (Å²) in [6.07, 6.45) is 1.57. The summed E-state index contributed by atoms with van der Waals surface area (Å²) >= 11 is 3.34. The van der Waals surface area contributed by atoms with Gasteiger partial charge < -0.3 is 15.2 Å². The highest BCUT2D eigenvalue weighted by atomic mass is 79.9. The van der Waals surface area contributed by atoms with E-state index in [1.165, 1.54) is 10.6 Å². The molecule has 0 saturated carbocycles. The number of aromatic nitrogens is 3. The Balaban J connectivity index is 2.05. The van der Waals surface area contributed by atoms with Crippen LogP contribution in [0.25, 0.3) is 28.0 Å². The number of imidazole rings is 1. The van der Waals surface area contributed by atoms with Crippen molar-refractivity contribution in [2.75, 3.05) is 0 Å². The molecule has 0 fully saturated rings. The van der Waals surface area contributed by atoms with E-state index < -0.39 is 5.82 Å². The highest BCUT2D eigenvalue weighted by Gasteiger charge is 2.24. The van der Waals surface area contributed by atoms with Crippen LogP contribution in [0.5, 0.6) is 11.6 Å². The van der Waals surface area contributed by atoms with Gasteiger partial charge in [-0.05, 0) is 43.3 Å². The van der Waals surface area contributed by atoms with Gasteiger partial charge in [0.1, 0.15) is 5.82 Å². The molecular formula is C18H13BrFN3O2. The molecule has 126 valence electrons. The Hall–Kier alpha value is -2.80. The van der Waals surface area contributed by atoms with Gasteiger partial charge in [0.05, 0.1) is 28.7 Å². The second kappa shape index (κ2) is 5.63. The SMILES string of the molecule is Cc1c(O)c(O)n(-c2ccc3nc[nH]c3c2)c1-c1cc(Br)ccc1F. The van der Waals surface area contributed by atoms with Crippen LogP contribution in [0, 0.1) is 12.7 Å². The van der Waals surface area contributed by atoms with Gasteiger partial charge in [-0.1, -0.05) is 15.9 Å². The highest BCUT2D eigenvalue weighted by Crippen LogP contribution is 2.43. The van der Waals surface area contributed by atoms with E-state index in [0.29, 0.717) is 21.4 Å². The molecule has 0 amide bonds. The lowest BCUT2D eigenvalue weighted by Gasteiger charge is -2.12. The summed E-state index contributed by atoms with van der Waals surface area (Å²) in [5.41, 5.74) is 3.15. The first-order valence-electron chi connectivity index (χ1n) is 7.49. The van der Waals surface area contributed by atoms with E-state index in [0.717, 1.165) is 11.0 Å². The number of nitrogens with zero attached hydrogens (tertiary/aromatic N) is 2. The quantitative estimate of drug-likeness (QED) is 0.457. The van der Waals surface area contributed by atoms with Crippen LogP contribution in [0.15, 0.2) is 47.2 Å². The first-order valence-corrected chi connectivity index (χ1v) is 8.29. The van der Waals surface area contributed by atoms with Crippen molar-refractivity contribution in [3.8, 4) is 28.6 Å². The third-order valence-corrected chi connectivity index (χ3v) is 4.70. The van der Waals surface area contributed by atoms with Crippen molar-refractivity contribution in [2.45, 2.75) is 6.92 Å². The average Bonchev–Trinajstić information content (AvgIpc) is 3.15. The van der Waals surface area contributed by atoms with Gasteiger partial charge in [0.2, 0.25) is 5.88 Å². The summed E-state index contributed by atoms with van der Waals surface area (Å²) in [7, 11) is 0. The fourth-order valence-corrected chi connectivity index (χ4v) is 3.34. The fraction of sp³-hybridized carbons (Fsp3) is 0.0556. The lowest BCUT2D eigenvalue weighted by molar-refractivity contribution is 0.386. The summed E-state index contributed by atoms with van der Waals surface area (Å²) in [6, 6.07) is 9.86. The Morgan fingerprint density at radius 3 is 2.76 bits per heavy atom. The Bertz CT molecular complexity index is 1120. The van der Waals surface area contributed by atoms with Gasteiger partial charge in [0.25, 0.3) is 0 Å². The molecule has 0 aliphatic carbocycles. The summed E-state index contributed by atoms with van der Waals surface area (Å²) < 4.78 is 16.6. The third-order valence-electron chi connectivity index (χ3n) is 4.20. The van der Waals surface area contributed by atoms with Gasteiger partial charge in [0, 0.05) is 15.6 Å². The van der Waals surface area contributed by atoms with E-state index >= 15 is 0 Å². The van der Waals surface area contributed by atoms with Crippen LogP contribution in [0.3, 0.4) is 0 Å². The maximum absolute atomic E-state index is 14.5. The molecule has 0 aliphatic heterocycles. The maximum atomic E-state index is 14.5. The smallest absolute Gasteiger partial charge is 0.240 e. The molecular weight excluding hydrogens is 389 g/mol. The molecule has 4 rings (SSSR count). The van der Waals surface area contributed by atoms with Gasteiger partial charge in [-0.25, -0.2) is 9.37 Å². The zero-order valence-electron chi connectivity index (χ0n) is 13.1. The minimum atomic E-state index is -0.451. The number of nitrogens with one attached hydrogen (secondary N) is 1. The highest BCUT2D eigenvalue weighted by molar-refractivity contribution is 9.10. The van der Waals surface area contributed by atoms with Crippen molar-refractivity contribution in [1.82, 2.24) is 14.5 Å². The molecule has 5 nitrogen and oxygen atoms in total. The number of aromatic hydroxyl groups is 2. The van der Waals surface area contributed by atoms with Crippen molar-refractivity contribution >= 4 is 27.0 Å².